The fourth-order valence-electron chi connectivity index (χ4n) is 1.73. The van der Waals surface area contributed by atoms with Gasteiger partial charge in [-0.15, -0.1) is 0 Å². The van der Waals surface area contributed by atoms with Gasteiger partial charge in [-0.25, -0.2) is 0 Å². The second-order valence-electron chi connectivity index (χ2n) is 4.72. The largest absolute Gasteiger partial charge is 0.378 e. The molecule has 0 aliphatic heterocycles. The van der Waals surface area contributed by atoms with Crippen LogP contribution in [0.5, 0.6) is 0 Å². The average Bonchev–Trinajstić information content (AvgIpc) is 2.97. The molecule has 0 spiro atoms. The fourth-order valence-corrected chi connectivity index (χ4v) is 1.73. The molecule has 0 saturated carbocycles. The van der Waals surface area contributed by atoms with Gasteiger partial charge in [-0.1, -0.05) is 11.8 Å². The SMILES string of the molecule is CN(C)c1ccc(C#CCNC(=O)Cn2cccn2)cc1. The Labute approximate surface area is 124 Å². The second kappa shape index (κ2) is 7.15. The Hall–Kier alpha value is -2.74. The minimum absolute atomic E-state index is 0.101. The molecule has 2 rings (SSSR count). The number of carbonyl (C=O) groups excluding carboxylic acids is 1. The molecule has 0 unspecified atom stereocenters. The monoisotopic (exact) mass is 282 g/mol. The van der Waals surface area contributed by atoms with Crippen molar-refractivity contribution in [1.29, 1.82) is 0 Å². The standard InChI is InChI=1S/C16H18N4O/c1-19(2)15-8-6-14(7-9-15)5-3-10-17-16(21)13-20-12-4-11-18-20/h4,6-9,11-12H,10,13H2,1-2H3,(H,17,21). The lowest BCUT2D eigenvalue weighted by molar-refractivity contribution is -0.121. The molecule has 0 aliphatic carbocycles. The first-order valence-electron chi connectivity index (χ1n) is 6.65. The first kappa shape index (κ1) is 14.7. The van der Waals surface area contributed by atoms with Crippen LogP contribution in [0.1, 0.15) is 5.56 Å². The Balaban J connectivity index is 1.79. The molecule has 5 nitrogen and oxygen atoms in total. The number of rotatable bonds is 4. The summed E-state index contributed by atoms with van der Waals surface area (Å²) in [6.07, 6.45) is 3.39. The first-order chi connectivity index (χ1) is 10.1. The number of nitrogens with zero attached hydrogens (tertiary/aromatic N) is 3. The summed E-state index contributed by atoms with van der Waals surface area (Å²) in [4.78, 5) is 13.6. The van der Waals surface area contributed by atoms with Crippen LogP contribution >= 0.6 is 0 Å². The lowest BCUT2D eigenvalue weighted by atomic mass is 10.2. The van der Waals surface area contributed by atoms with Gasteiger partial charge in [-0.05, 0) is 30.3 Å². The van der Waals surface area contributed by atoms with Crippen LogP contribution in [-0.4, -0.2) is 36.3 Å². The summed E-state index contributed by atoms with van der Waals surface area (Å²) >= 11 is 0. The van der Waals surface area contributed by atoms with E-state index in [1.54, 1.807) is 23.1 Å². The molecular formula is C16H18N4O. The molecule has 21 heavy (non-hydrogen) atoms. The number of nitrogens with one attached hydrogen (secondary N) is 1. The first-order valence-corrected chi connectivity index (χ1v) is 6.65. The molecule has 0 aliphatic rings. The molecule has 1 amide bonds. The zero-order valence-electron chi connectivity index (χ0n) is 12.2. The smallest absolute Gasteiger partial charge is 0.242 e. The second-order valence-corrected chi connectivity index (χ2v) is 4.72. The highest BCUT2D eigenvalue weighted by Crippen LogP contribution is 2.11. The maximum absolute atomic E-state index is 11.6. The normalized spacial score (nSPS) is 9.62. The van der Waals surface area contributed by atoms with Crippen LogP contribution in [0.2, 0.25) is 0 Å². The van der Waals surface area contributed by atoms with Crippen LogP contribution in [-0.2, 0) is 11.3 Å². The summed E-state index contributed by atoms with van der Waals surface area (Å²) < 4.78 is 1.57. The van der Waals surface area contributed by atoms with E-state index in [4.69, 9.17) is 0 Å². The van der Waals surface area contributed by atoms with Gasteiger partial charge in [0, 0.05) is 37.7 Å². The van der Waals surface area contributed by atoms with Gasteiger partial charge in [0.2, 0.25) is 5.91 Å². The molecular weight excluding hydrogens is 264 g/mol. The predicted octanol–water partition coefficient (Wildman–Crippen LogP) is 1.12. The molecule has 1 N–H and O–H groups in total. The minimum atomic E-state index is -0.101. The van der Waals surface area contributed by atoms with Gasteiger partial charge in [0.15, 0.2) is 0 Å². The highest BCUT2D eigenvalue weighted by Gasteiger charge is 2.00. The summed E-state index contributed by atoms with van der Waals surface area (Å²) in [5, 5.41) is 6.71. The van der Waals surface area contributed by atoms with Crippen LogP contribution in [0.4, 0.5) is 5.69 Å². The van der Waals surface area contributed by atoms with E-state index in [0.29, 0.717) is 6.54 Å². The molecule has 0 atom stereocenters. The van der Waals surface area contributed by atoms with Crippen molar-refractivity contribution in [3.05, 3.63) is 48.3 Å². The molecule has 0 saturated heterocycles. The predicted molar refractivity (Wildman–Crippen MR) is 82.9 cm³/mol. The lowest BCUT2D eigenvalue weighted by Gasteiger charge is -2.11. The maximum Gasteiger partial charge on any atom is 0.242 e. The molecule has 0 fully saturated rings. The summed E-state index contributed by atoms with van der Waals surface area (Å²) in [5.74, 6) is 5.85. The molecule has 1 aromatic carbocycles. The van der Waals surface area contributed by atoms with Gasteiger partial charge in [0.1, 0.15) is 6.54 Å². The van der Waals surface area contributed by atoms with Crippen LogP contribution in [0.15, 0.2) is 42.7 Å². The van der Waals surface area contributed by atoms with E-state index in [1.165, 1.54) is 0 Å². The number of hydrogen-bond acceptors (Lipinski definition) is 3. The summed E-state index contributed by atoms with van der Waals surface area (Å²) in [6, 6.07) is 9.74. The molecule has 5 heteroatoms. The molecule has 2 aromatic rings. The number of amides is 1. The van der Waals surface area contributed by atoms with E-state index < -0.39 is 0 Å². The zero-order chi connectivity index (χ0) is 15.1. The van der Waals surface area contributed by atoms with E-state index in [0.717, 1.165) is 11.3 Å². The Morgan fingerprint density at radius 3 is 2.71 bits per heavy atom. The van der Waals surface area contributed by atoms with Gasteiger partial charge in [0.05, 0.1) is 6.54 Å². The van der Waals surface area contributed by atoms with Crippen molar-refractivity contribution < 1.29 is 4.79 Å². The van der Waals surface area contributed by atoms with Crippen LogP contribution in [0.25, 0.3) is 0 Å². The topological polar surface area (TPSA) is 50.2 Å². The average molecular weight is 282 g/mol. The summed E-state index contributed by atoms with van der Waals surface area (Å²) in [5.41, 5.74) is 2.06. The van der Waals surface area contributed by atoms with E-state index in [1.807, 2.05) is 43.3 Å². The molecule has 0 bridgehead atoms. The van der Waals surface area contributed by atoms with E-state index in [-0.39, 0.29) is 12.5 Å². The number of aromatic nitrogens is 2. The van der Waals surface area contributed by atoms with Crippen molar-refractivity contribution >= 4 is 11.6 Å². The fraction of sp³-hybridized carbons (Fsp3) is 0.250. The van der Waals surface area contributed by atoms with Crippen LogP contribution in [0, 0.1) is 11.8 Å². The molecule has 108 valence electrons. The van der Waals surface area contributed by atoms with Gasteiger partial charge in [-0.2, -0.15) is 5.10 Å². The third-order valence-corrected chi connectivity index (χ3v) is 2.86. The number of carbonyl (C=O) groups is 1. The van der Waals surface area contributed by atoms with Gasteiger partial charge < -0.3 is 10.2 Å². The van der Waals surface area contributed by atoms with Gasteiger partial charge in [0.25, 0.3) is 0 Å². The van der Waals surface area contributed by atoms with Crippen LogP contribution in [0.3, 0.4) is 0 Å². The van der Waals surface area contributed by atoms with Crippen molar-refractivity contribution in [2.45, 2.75) is 6.54 Å². The van der Waals surface area contributed by atoms with Gasteiger partial charge in [-0.3, -0.25) is 9.48 Å². The Bertz CT molecular complexity index is 633. The van der Waals surface area contributed by atoms with Crippen molar-refractivity contribution in [3.8, 4) is 11.8 Å². The van der Waals surface area contributed by atoms with Crippen molar-refractivity contribution in [2.75, 3.05) is 25.5 Å². The van der Waals surface area contributed by atoms with E-state index in [2.05, 4.69) is 22.3 Å². The van der Waals surface area contributed by atoms with Crippen molar-refractivity contribution in [3.63, 3.8) is 0 Å². The minimum Gasteiger partial charge on any atom is -0.378 e. The van der Waals surface area contributed by atoms with Crippen LogP contribution < -0.4 is 10.2 Å². The Morgan fingerprint density at radius 2 is 2.10 bits per heavy atom. The van der Waals surface area contributed by atoms with Crippen molar-refractivity contribution in [2.24, 2.45) is 0 Å². The number of benzene rings is 1. The van der Waals surface area contributed by atoms with E-state index >= 15 is 0 Å². The zero-order valence-corrected chi connectivity index (χ0v) is 12.2. The Morgan fingerprint density at radius 1 is 1.33 bits per heavy atom. The summed E-state index contributed by atoms with van der Waals surface area (Å²) in [6.45, 7) is 0.543. The molecule has 1 heterocycles. The summed E-state index contributed by atoms with van der Waals surface area (Å²) in [7, 11) is 3.99. The highest BCUT2D eigenvalue weighted by molar-refractivity contribution is 5.75. The number of anilines is 1. The lowest BCUT2D eigenvalue weighted by Crippen LogP contribution is -2.27. The van der Waals surface area contributed by atoms with Crippen molar-refractivity contribution in [1.82, 2.24) is 15.1 Å². The quantitative estimate of drug-likeness (QED) is 0.855. The molecule has 1 aromatic heterocycles. The third-order valence-electron chi connectivity index (χ3n) is 2.86. The maximum atomic E-state index is 11.6. The van der Waals surface area contributed by atoms with Gasteiger partial charge >= 0.3 is 0 Å². The number of hydrogen-bond donors (Lipinski definition) is 1. The molecule has 0 radical (unpaired) electrons. The third kappa shape index (κ3) is 4.69. The highest BCUT2D eigenvalue weighted by atomic mass is 16.2. The van der Waals surface area contributed by atoms with E-state index in [9.17, 15) is 4.79 Å². The Kier molecular flexibility index (Phi) is 4.99.